The number of hydrogen-bond acceptors (Lipinski definition) is 4. The van der Waals surface area contributed by atoms with Gasteiger partial charge in [0.05, 0.1) is 6.61 Å². The molecule has 0 amide bonds. The van der Waals surface area contributed by atoms with Gasteiger partial charge in [-0.3, -0.25) is 4.79 Å². The van der Waals surface area contributed by atoms with E-state index < -0.39 is 5.54 Å². The molecule has 0 heterocycles. The molecule has 0 spiro atoms. The van der Waals surface area contributed by atoms with E-state index in [-0.39, 0.29) is 5.97 Å². The van der Waals surface area contributed by atoms with Crippen molar-refractivity contribution in [1.29, 1.82) is 0 Å². The van der Waals surface area contributed by atoms with Crippen LogP contribution in [-0.4, -0.2) is 31.3 Å². The molecule has 0 aromatic carbocycles. The third-order valence-electron chi connectivity index (χ3n) is 2.78. The van der Waals surface area contributed by atoms with Crippen molar-refractivity contribution in [3.8, 4) is 0 Å². The first-order valence-corrected chi connectivity index (χ1v) is 6.10. The molecule has 0 aliphatic heterocycles. The van der Waals surface area contributed by atoms with Crippen molar-refractivity contribution < 1.29 is 14.3 Å². The van der Waals surface area contributed by atoms with Gasteiger partial charge in [-0.15, -0.1) is 0 Å². The first kappa shape index (κ1) is 13.5. The molecule has 2 N–H and O–H groups in total. The summed E-state index contributed by atoms with van der Waals surface area (Å²) >= 11 is 0. The maximum absolute atomic E-state index is 11.5. The Morgan fingerprint density at radius 2 is 2.19 bits per heavy atom. The average molecular weight is 229 g/mol. The quantitative estimate of drug-likeness (QED) is 0.506. The van der Waals surface area contributed by atoms with Crippen molar-refractivity contribution in [3.63, 3.8) is 0 Å². The van der Waals surface area contributed by atoms with Crippen molar-refractivity contribution in [2.24, 2.45) is 11.7 Å². The highest BCUT2D eigenvalue weighted by Crippen LogP contribution is 2.28. The van der Waals surface area contributed by atoms with Gasteiger partial charge in [-0.1, -0.05) is 0 Å². The molecule has 1 saturated carbocycles. The summed E-state index contributed by atoms with van der Waals surface area (Å²) in [6.07, 6.45) is 4.02. The zero-order valence-corrected chi connectivity index (χ0v) is 10.3. The number of carbonyl (C=O) groups excluding carboxylic acids is 1. The molecule has 1 aliphatic carbocycles. The molecule has 94 valence electrons. The third kappa shape index (κ3) is 4.94. The predicted octanol–water partition coefficient (Wildman–Crippen LogP) is 1.47. The number of hydrogen-bond donors (Lipinski definition) is 1. The summed E-state index contributed by atoms with van der Waals surface area (Å²) in [6.45, 7) is 5.42. The summed E-state index contributed by atoms with van der Waals surface area (Å²) in [5, 5.41) is 0. The van der Waals surface area contributed by atoms with Crippen molar-refractivity contribution >= 4 is 5.97 Å². The van der Waals surface area contributed by atoms with E-state index in [1.807, 2.05) is 0 Å². The van der Waals surface area contributed by atoms with Gasteiger partial charge in [0.15, 0.2) is 0 Å². The van der Waals surface area contributed by atoms with E-state index >= 15 is 0 Å². The lowest BCUT2D eigenvalue weighted by Crippen LogP contribution is -2.46. The molecule has 0 aromatic rings. The first-order chi connectivity index (χ1) is 7.56. The molecule has 1 rings (SSSR count). The van der Waals surface area contributed by atoms with Gasteiger partial charge in [-0.2, -0.15) is 0 Å². The molecule has 1 fully saturated rings. The predicted molar refractivity (Wildman–Crippen MR) is 62.0 cm³/mol. The molecule has 1 unspecified atom stereocenters. The summed E-state index contributed by atoms with van der Waals surface area (Å²) < 4.78 is 10.4. The van der Waals surface area contributed by atoms with E-state index in [4.69, 9.17) is 15.2 Å². The third-order valence-corrected chi connectivity index (χ3v) is 2.78. The van der Waals surface area contributed by atoms with Crippen molar-refractivity contribution in [2.45, 2.75) is 45.1 Å². The van der Waals surface area contributed by atoms with Crippen LogP contribution in [-0.2, 0) is 14.3 Å². The zero-order valence-electron chi connectivity index (χ0n) is 10.3. The average Bonchev–Trinajstić information content (AvgIpc) is 3.01. The molecule has 1 atom stereocenters. The molecule has 1 aliphatic rings. The largest absolute Gasteiger partial charge is 0.465 e. The number of ether oxygens (including phenoxy) is 2. The van der Waals surface area contributed by atoms with Crippen LogP contribution in [0, 0.1) is 5.92 Å². The normalized spacial score (nSPS) is 19.2. The second-order valence-corrected chi connectivity index (χ2v) is 4.76. The summed E-state index contributed by atoms with van der Waals surface area (Å²) in [7, 11) is 0. The van der Waals surface area contributed by atoms with Crippen LogP contribution in [0.25, 0.3) is 0 Å². The van der Waals surface area contributed by atoms with E-state index in [9.17, 15) is 4.79 Å². The fourth-order valence-electron chi connectivity index (χ4n) is 1.47. The highest BCUT2D eigenvalue weighted by molar-refractivity contribution is 5.79. The van der Waals surface area contributed by atoms with Crippen LogP contribution in [0.3, 0.4) is 0 Å². The Bertz CT molecular complexity index is 224. The minimum absolute atomic E-state index is 0.322. The lowest BCUT2D eigenvalue weighted by molar-refractivity contribution is -0.149. The number of rotatable bonds is 8. The maximum Gasteiger partial charge on any atom is 0.325 e. The molecule has 16 heavy (non-hydrogen) atoms. The SMILES string of the molecule is CCOC(=O)C(C)(N)CCCOCC1CC1. The highest BCUT2D eigenvalue weighted by atomic mass is 16.5. The summed E-state index contributed by atoms with van der Waals surface area (Å²) in [6, 6.07) is 0. The monoisotopic (exact) mass is 229 g/mol. The molecule has 0 aromatic heterocycles. The molecular weight excluding hydrogens is 206 g/mol. The van der Waals surface area contributed by atoms with Crippen molar-refractivity contribution in [3.05, 3.63) is 0 Å². The standard InChI is InChI=1S/C12H23NO3/c1-3-16-11(14)12(2,13)7-4-8-15-9-10-5-6-10/h10H,3-9,13H2,1-2H3. The van der Waals surface area contributed by atoms with Gasteiger partial charge >= 0.3 is 5.97 Å². The smallest absolute Gasteiger partial charge is 0.325 e. The lowest BCUT2D eigenvalue weighted by Gasteiger charge is -2.21. The fraction of sp³-hybridized carbons (Fsp3) is 0.917. The van der Waals surface area contributed by atoms with Gasteiger partial charge in [0.25, 0.3) is 0 Å². The van der Waals surface area contributed by atoms with E-state index in [1.165, 1.54) is 12.8 Å². The van der Waals surface area contributed by atoms with E-state index in [2.05, 4.69) is 0 Å². The van der Waals surface area contributed by atoms with Gasteiger partial charge in [0, 0.05) is 13.2 Å². The first-order valence-electron chi connectivity index (χ1n) is 6.10. The van der Waals surface area contributed by atoms with Crippen LogP contribution in [0.2, 0.25) is 0 Å². The van der Waals surface area contributed by atoms with Gasteiger partial charge in [-0.25, -0.2) is 0 Å². The molecule has 4 heteroatoms. The molecule has 0 saturated heterocycles. The minimum atomic E-state index is -0.876. The Morgan fingerprint density at radius 3 is 2.75 bits per heavy atom. The van der Waals surface area contributed by atoms with Crippen LogP contribution in [0.5, 0.6) is 0 Å². The lowest BCUT2D eigenvalue weighted by atomic mass is 9.98. The Labute approximate surface area is 97.5 Å². The minimum Gasteiger partial charge on any atom is -0.465 e. The molecule has 0 bridgehead atoms. The summed E-state index contributed by atoms with van der Waals surface area (Å²) in [5.74, 6) is 0.464. The topological polar surface area (TPSA) is 61.5 Å². The van der Waals surface area contributed by atoms with Crippen LogP contribution < -0.4 is 5.73 Å². The maximum atomic E-state index is 11.5. The number of esters is 1. The summed E-state index contributed by atoms with van der Waals surface area (Å²) in [5.41, 5.74) is 4.99. The Kier molecular flexibility index (Phi) is 5.22. The van der Waals surface area contributed by atoms with Crippen molar-refractivity contribution in [1.82, 2.24) is 0 Å². The van der Waals surface area contributed by atoms with Crippen LogP contribution in [0.15, 0.2) is 0 Å². The molecular formula is C12H23NO3. The second kappa shape index (κ2) is 6.21. The van der Waals surface area contributed by atoms with Crippen molar-refractivity contribution in [2.75, 3.05) is 19.8 Å². The number of nitrogens with two attached hydrogens (primary N) is 1. The second-order valence-electron chi connectivity index (χ2n) is 4.76. The van der Waals surface area contributed by atoms with Gasteiger partial charge in [0.1, 0.15) is 5.54 Å². The number of carbonyl (C=O) groups is 1. The van der Waals surface area contributed by atoms with Gasteiger partial charge in [-0.05, 0) is 45.4 Å². The molecule has 4 nitrogen and oxygen atoms in total. The van der Waals surface area contributed by atoms with E-state index in [0.717, 1.165) is 18.9 Å². The van der Waals surface area contributed by atoms with Gasteiger partial charge < -0.3 is 15.2 Å². The Hall–Kier alpha value is -0.610. The van der Waals surface area contributed by atoms with E-state index in [1.54, 1.807) is 13.8 Å². The molecule has 0 radical (unpaired) electrons. The highest BCUT2D eigenvalue weighted by Gasteiger charge is 2.29. The Morgan fingerprint density at radius 1 is 1.50 bits per heavy atom. The van der Waals surface area contributed by atoms with Crippen LogP contribution >= 0.6 is 0 Å². The van der Waals surface area contributed by atoms with E-state index in [0.29, 0.717) is 19.6 Å². The van der Waals surface area contributed by atoms with Gasteiger partial charge in [0.2, 0.25) is 0 Å². The van der Waals surface area contributed by atoms with Crippen LogP contribution in [0.4, 0.5) is 0 Å². The zero-order chi connectivity index (χ0) is 12.0. The van der Waals surface area contributed by atoms with Crippen LogP contribution in [0.1, 0.15) is 39.5 Å². The Balaban J connectivity index is 2.06. The summed E-state index contributed by atoms with van der Waals surface area (Å²) in [4.78, 5) is 11.5. The fourth-order valence-corrected chi connectivity index (χ4v) is 1.47.